The van der Waals surface area contributed by atoms with Crippen LogP contribution in [0.5, 0.6) is 0 Å². The summed E-state index contributed by atoms with van der Waals surface area (Å²) in [4.78, 5) is 31.4. The molecule has 7 rings (SSSR count). The van der Waals surface area contributed by atoms with Crippen molar-refractivity contribution in [3.8, 4) is 0 Å². The van der Waals surface area contributed by atoms with Crippen molar-refractivity contribution in [1.82, 2.24) is 29.9 Å². The number of hydrogen-bond acceptors (Lipinski definition) is 8. The van der Waals surface area contributed by atoms with Crippen molar-refractivity contribution in [2.75, 3.05) is 9.80 Å². The monoisotopic (exact) mass is 328 g/mol. The molecule has 0 radical (unpaired) electrons. The van der Waals surface area contributed by atoms with E-state index in [9.17, 15) is 0 Å². The lowest BCUT2D eigenvalue weighted by molar-refractivity contribution is 0.500. The highest BCUT2D eigenvalue weighted by molar-refractivity contribution is 5.85. The molecule has 0 bridgehead atoms. The van der Waals surface area contributed by atoms with Gasteiger partial charge in [0.2, 0.25) is 0 Å². The fourth-order valence-electron chi connectivity index (χ4n) is 5.17. The first-order valence-electron chi connectivity index (χ1n) is 8.43. The Hall–Kier alpha value is -3.16. The van der Waals surface area contributed by atoms with Gasteiger partial charge in [-0.2, -0.15) is 0 Å². The average molecular weight is 328 g/mol. The Morgan fingerprint density at radius 2 is 1.28 bits per heavy atom. The first-order valence-corrected chi connectivity index (χ1v) is 8.43. The minimum absolute atomic E-state index is 0.328. The predicted octanol–water partition coefficient (Wildman–Crippen LogP) is 1.29. The van der Waals surface area contributed by atoms with Gasteiger partial charge in [0.25, 0.3) is 0 Å². The third-order valence-electron chi connectivity index (χ3n) is 5.99. The highest BCUT2D eigenvalue weighted by Gasteiger charge is 2.58. The molecule has 3 aromatic heterocycles. The van der Waals surface area contributed by atoms with Crippen LogP contribution in [0.1, 0.15) is 22.9 Å². The second kappa shape index (κ2) is 3.90. The maximum atomic E-state index is 4.64. The van der Waals surface area contributed by atoms with Crippen LogP contribution >= 0.6 is 0 Å². The molecular weight excluding hydrogens is 316 g/mol. The van der Waals surface area contributed by atoms with Gasteiger partial charge in [-0.15, -0.1) is 0 Å². The Balaban J connectivity index is 1.48. The first-order chi connectivity index (χ1) is 12.4. The zero-order valence-electron chi connectivity index (χ0n) is 13.1. The van der Waals surface area contributed by atoms with Gasteiger partial charge < -0.3 is 9.80 Å². The Bertz CT molecular complexity index is 986. The fourth-order valence-corrected chi connectivity index (χ4v) is 5.17. The molecule has 0 saturated heterocycles. The normalized spacial score (nSPS) is 26.3. The molecule has 4 aliphatic rings. The van der Waals surface area contributed by atoms with Crippen molar-refractivity contribution in [1.29, 1.82) is 0 Å². The first kappa shape index (κ1) is 12.2. The summed E-state index contributed by atoms with van der Waals surface area (Å²) in [6, 6.07) is 0.656. The van der Waals surface area contributed by atoms with Crippen molar-refractivity contribution in [3.05, 3.63) is 48.3 Å². The van der Waals surface area contributed by atoms with E-state index in [4.69, 9.17) is 0 Å². The zero-order valence-corrected chi connectivity index (χ0v) is 13.1. The summed E-state index contributed by atoms with van der Waals surface area (Å²) in [5.41, 5.74) is 5.66. The molecule has 0 N–H and O–H groups in total. The van der Waals surface area contributed by atoms with E-state index in [0.29, 0.717) is 18.0 Å². The van der Waals surface area contributed by atoms with E-state index in [2.05, 4.69) is 39.7 Å². The highest BCUT2D eigenvalue weighted by Crippen LogP contribution is 2.61. The van der Waals surface area contributed by atoms with E-state index in [1.807, 2.05) is 12.4 Å². The third-order valence-corrected chi connectivity index (χ3v) is 5.99. The number of nitrogens with zero attached hydrogens (tertiary/aromatic N) is 8. The van der Waals surface area contributed by atoms with Gasteiger partial charge in [0.15, 0.2) is 0 Å². The molecule has 2 atom stereocenters. The third kappa shape index (κ3) is 1.25. The highest BCUT2D eigenvalue weighted by atomic mass is 15.4. The minimum atomic E-state index is 0.328. The van der Waals surface area contributed by atoms with Crippen LogP contribution in [0.25, 0.3) is 0 Å². The van der Waals surface area contributed by atoms with Crippen molar-refractivity contribution in [2.24, 2.45) is 0 Å². The standard InChI is InChI=1S/C17H12N8/c1-8-12(3-18-5-20-8)24-10(1)14-11-2-9-13(4-19-6-21-9)25(11)17-15(14)16(24)22-7-23-17/h3-7,10-11,14H,1-2H2. The molecule has 0 amide bonds. The van der Waals surface area contributed by atoms with Crippen LogP contribution in [0.4, 0.5) is 23.0 Å². The van der Waals surface area contributed by atoms with Crippen LogP contribution in [-0.2, 0) is 12.8 Å². The molecule has 120 valence electrons. The van der Waals surface area contributed by atoms with E-state index in [-0.39, 0.29) is 0 Å². The molecule has 8 heteroatoms. The summed E-state index contributed by atoms with van der Waals surface area (Å²) in [5, 5.41) is 0. The molecule has 7 heterocycles. The maximum Gasteiger partial charge on any atom is 0.142 e. The molecule has 4 aliphatic heterocycles. The molecule has 8 nitrogen and oxygen atoms in total. The smallest absolute Gasteiger partial charge is 0.142 e. The van der Waals surface area contributed by atoms with Crippen LogP contribution in [0.15, 0.2) is 31.4 Å². The predicted molar refractivity (Wildman–Crippen MR) is 88.1 cm³/mol. The van der Waals surface area contributed by atoms with Crippen LogP contribution in [0, 0.1) is 0 Å². The molecule has 0 saturated carbocycles. The molecule has 0 aromatic carbocycles. The summed E-state index contributed by atoms with van der Waals surface area (Å²) in [5.74, 6) is 2.39. The van der Waals surface area contributed by atoms with Crippen LogP contribution in [-0.4, -0.2) is 42.0 Å². The average Bonchev–Trinajstić information content (AvgIpc) is 3.35. The van der Waals surface area contributed by atoms with E-state index in [1.165, 1.54) is 5.56 Å². The number of rotatable bonds is 0. The van der Waals surface area contributed by atoms with Crippen molar-refractivity contribution >= 4 is 23.0 Å². The van der Waals surface area contributed by atoms with Gasteiger partial charge >= 0.3 is 0 Å². The topological polar surface area (TPSA) is 83.8 Å². The molecular formula is C17H12N8. The summed E-state index contributed by atoms with van der Waals surface area (Å²) in [7, 11) is 0. The number of anilines is 4. The van der Waals surface area contributed by atoms with Gasteiger partial charge in [-0.1, -0.05) is 0 Å². The second-order valence-corrected chi connectivity index (χ2v) is 6.95. The lowest BCUT2D eigenvalue weighted by Crippen LogP contribution is -2.37. The van der Waals surface area contributed by atoms with Crippen molar-refractivity contribution < 1.29 is 0 Å². The van der Waals surface area contributed by atoms with Crippen molar-refractivity contribution in [2.45, 2.75) is 30.8 Å². The van der Waals surface area contributed by atoms with Gasteiger partial charge in [-0.25, -0.2) is 29.9 Å². The lowest BCUT2D eigenvalue weighted by Gasteiger charge is -2.28. The molecule has 0 aliphatic carbocycles. The summed E-state index contributed by atoms with van der Waals surface area (Å²) >= 11 is 0. The largest absolute Gasteiger partial charge is 0.319 e. The zero-order chi connectivity index (χ0) is 16.1. The quantitative estimate of drug-likeness (QED) is 0.610. The van der Waals surface area contributed by atoms with Gasteiger partial charge in [0.05, 0.1) is 47.2 Å². The van der Waals surface area contributed by atoms with Crippen molar-refractivity contribution in [3.63, 3.8) is 0 Å². The molecule has 2 unspecified atom stereocenters. The van der Waals surface area contributed by atoms with E-state index in [1.54, 1.807) is 19.0 Å². The van der Waals surface area contributed by atoms with Crippen LogP contribution in [0.2, 0.25) is 0 Å². The fraction of sp³-hybridized carbons (Fsp3) is 0.294. The maximum absolute atomic E-state index is 4.64. The van der Waals surface area contributed by atoms with Gasteiger partial charge in [0.1, 0.15) is 30.6 Å². The number of fused-ring (bicyclic) bond motifs is 10. The van der Waals surface area contributed by atoms with Crippen LogP contribution < -0.4 is 9.80 Å². The Labute approximate surface area is 142 Å². The van der Waals surface area contributed by atoms with Crippen LogP contribution in [0.3, 0.4) is 0 Å². The molecule has 3 aromatic rings. The summed E-state index contributed by atoms with van der Waals surface area (Å²) in [6.07, 6.45) is 10.6. The van der Waals surface area contributed by atoms with Gasteiger partial charge in [0, 0.05) is 24.3 Å². The summed E-state index contributed by atoms with van der Waals surface area (Å²) in [6.45, 7) is 0. The molecule has 0 fully saturated rings. The van der Waals surface area contributed by atoms with E-state index in [0.717, 1.165) is 47.2 Å². The minimum Gasteiger partial charge on any atom is -0.319 e. The summed E-state index contributed by atoms with van der Waals surface area (Å²) < 4.78 is 0. The molecule has 25 heavy (non-hydrogen) atoms. The second-order valence-electron chi connectivity index (χ2n) is 6.95. The Kier molecular flexibility index (Phi) is 1.91. The van der Waals surface area contributed by atoms with Gasteiger partial charge in [-0.3, -0.25) is 0 Å². The van der Waals surface area contributed by atoms with E-state index >= 15 is 0 Å². The Morgan fingerprint density at radius 1 is 0.720 bits per heavy atom. The molecule has 0 spiro atoms. The SMILES string of the molecule is c1ncc2c(n1)CC1C3c4c(ncnc4N4c5cncnc5CC34)N21. The Morgan fingerprint density at radius 3 is 1.84 bits per heavy atom. The van der Waals surface area contributed by atoms with E-state index < -0.39 is 0 Å². The number of hydrogen-bond donors (Lipinski definition) is 0. The lowest BCUT2D eigenvalue weighted by atomic mass is 9.88. The van der Waals surface area contributed by atoms with Gasteiger partial charge in [-0.05, 0) is 0 Å². The number of aromatic nitrogens is 6.